The number of benzene rings is 1. The van der Waals surface area contributed by atoms with E-state index in [0.29, 0.717) is 12.2 Å². The summed E-state index contributed by atoms with van der Waals surface area (Å²) < 4.78 is 4.97. The third kappa shape index (κ3) is 3.28. The lowest BCUT2D eigenvalue weighted by atomic mass is 10.2. The second-order valence-corrected chi connectivity index (χ2v) is 2.66. The van der Waals surface area contributed by atoms with Crippen LogP contribution in [0.5, 0.6) is 0 Å². The molecule has 1 rings (SSSR count). The largest absolute Gasteiger partial charge is 0.462 e. The van der Waals surface area contributed by atoms with Gasteiger partial charge in [0.15, 0.2) is 0 Å². The summed E-state index contributed by atoms with van der Waals surface area (Å²) in [6, 6.07) is 9.00. The molecule has 0 bridgehead atoms. The highest BCUT2D eigenvalue weighted by atomic mass is 16.5. The molecule has 0 atom stereocenters. The van der Waals surface area contributed by atoms with Crippen molar-refractivity contribution in [1.82, 2.24) is 0 Å². The topological polar surface area (TPSA) is 26.3 Å². The molecule has 2 nitrogen and oxygen atoms in total. The van der Waals surface area contributed by atoms with Crippen molar-refractivity contribution < 1.29 is 9.53 Å². The third-order valence-corrected chi connectivity index (χ3v) is 1.63. The summed E-state index contributed by atoms with van der Waals surface area (Å²) in [5.74, 6) is -0.259. The molecular weight excluding hydrogens is 164 g/mol. The second-order valence-electron chi connectivity index (χ2n) is 2.66. The number of hydrogen-bond donors (Lipinski definition) is 0. The minimum atomic E-state index is -0.259. The molecule has 0 N–H and O–H groups in total. The number of carbonyl (C=O) groups is 1. The quantitative estimate of drug-likeness (QED) is 0.521. The van der Waals surface area contributed by atoms with Gasteiger partial charge in [0.25, 0.3) is 0 Å². The molecule has 13 heavy (non-hydrogen) atoms. The summed E-state index contributed by atoms with van der Waals surface area (Å²) in [6.07, 6.45) is 2.84. The highest BCUT2D eigenvalue weighted by Gasteiger charge is 2.04. The number of hydrogen-bond acceptors (Lipinski definition) is 2. The Morgan fingerprint density at radius 1 is 1.38 bits per heavy atom. The molecule has 0 unspecified atom stereocenters. The maximum absolute atomic E-state index is 11.3. The molecule has 1 radical (unpaired) electrons. The first-order chi connectivity index (χ1) is 6.34. The van der Waals surface area contributed by atoms with Crippen molar-refractivity contribution in [2.24, 2.45) is 0 Å². The first-order valence-electron chi connectivity index (χ1n) is 4.38. The highest BCUT2D eigenvalue weighted by molar-refractivity contribution is 5.89. The Bertz CT molecular complexity index is 254. The molecule has 0 amide bonds. The smallest absolute Gasteiger partial charge is 0.338 e. The lowest BCUT2D eigenvalue weighted by Gasteiger charge is -2.02. The molecule has 2 heteroatoms. The second kappa shape index (κ2) is 5.36. The summed E-state index contributed by atoms with van der Waals surface area (Å²) in [5.41, 5.74) is 0.604. The fourth-order valence-electron chi connectivity index (χ4n) is 0.910. The van der Waals surface area contributed by atoms with Crippen LogP contribution >= 0.6 is 0 Å². The molecule has 0 saturated carbocycles. The molecule has 0 saturated heterocycles. The zero-order valence-electron chi connectivity index (χ0n) is 7.69. The van der Waals surface area contributed by atoms with Crippen LogP contribution in [0.4, 0.5) is 0 Å². The average molecular weight is 177 g/mol. The standard InChI is InChI=1S/C11H13O2/c1-2-3-9-13-11(12)10-7-5-4-6-8-10/h3-8H,2,9H2,1H3. The van der Waals surface area contributed by atoms with E-state index in [4.69, 9.17) is 4.74 Å². The lowest BCUT2D eigenvalue weighted by Crippen LogP contribution is -2.06. The van der Waals surface area contributed by atoms with E-state index < -0.39 is 0 Å². The van der Waals surface area contributed by atoms with E-state index >= 15 is 0 Å². The van der Waals surface area contributed by atoms with Crippen molar-refractivity contribution in [3.8, 4) is 0 Å². The summed E-state index contributed by atoms with van der Waals surface area (Å²) in [4.78, 5) is 11.3. The van der Waals surface area contributed by atoms with Gasteiger partial charge in [-0.05, 0) is 25.0 Å². The molecule has 0 aromatic heterocycles. The van der Waals surface area contributed by atoms with E-state index in [-0.39, 0.29) is 5.97 Å². The molecule has 0 aliphatic heterocycles. The summed E-state index contributed by atoms with van der Waals surface area (Å²) in [6.45, 7) is 2.40. The number of unbranched alkanes of at least 4 members (excludes halogenated alkanes) is 1. The van der Waals surface area contributed by atoms with Crippen LogP contribution in [0, 0.1) is 6.42 Å². The summed E-state index contributed by atoms with van der Waals surface area (Å²) >= 11 is 0. The number of esters is 1. The van der Waals surface area contributed by atoms with E-state index in [1.165, 1.54) is 0 Å². The molecule has 0 aliphatic rings. The van der Waals surface area contributed by atoms with Gasteiger partial charge in [-0.1, -0.05) is 25.1 Å². The van der Waals surface area contributed by atoms with Crippen LogP contribution in [0.2, 0.25) is 0 Å². The van der Waals surface area contributed by atoms with Gasteiger partial charge >= 0.3 is 5.97 Å². The van der Waals surface area contributed by atoms with Gasteiger partial charge in [-0.25, -0.2) is 4.79 Å². The predicted molar refractivity (Wildman–Crippen MR) is 51.3 cm³/mol. The van der Waals surface area contributed by atoms with Crippen molar-refractivity contribution in [3.05, 3.63) is 42.3 Å². The van der Waals surface area contributed by atoms with Gasteiger partial charge in [0.05, 0.1) is 12.2 Å². The Hall–Kier alpha value is -1.31. The summed E-state index contributed by atoms with van der Waals surface area (Å²) in [5, 5.41) is 0. The van der Waals surface area contributed by atoms with Gasteiger partial charge in [-0.3, -0.25) is 0 Å². The maximum atomic E-state index is 11.3. The zero-order chi connectivity index (χ0) is 9.52. The molecule has 0 fully saturated rings. The first-order valence-corrected chi connectivity index (χ1v) is 4.38. The Balaban J connectivity index is 2.40. The average Bonchev–Trinajstić information content (AvgIpc) is 2.19. The Labute approximate surface area is 78.5 Å². The van der Waals surface area contributed by atoms with Crippen molar-refractivity contribution >= 4 is 5.97 Å². The number of ether oxygens (including phenoxy) is 1. The van der Waals surface area contributed by atoms with Gasteiger partial charge < -0.3 is 4.74 Å². The fourth-order valence-corrected chi connectivity index (χ4v) is 0.910. The van der Waals surface area contributed by atoms with Gasteiger partial charge in [0.1, 0.15) is 0 Å². The van der Waals surface area contributed by atoms with Gasteiger partial charge in [0, 0.05) is 0 Å². The Morgan fingerprint density at radius 3 is 2.69 bits per heavy atom. The van der Waals surface area contributed by atoms with Crippen LogP contribution in [0.15, 0.2) is 30.3 Å². The number of rotatable bonds is 4. The van der Waals surface area contributed by atoms with Crippen molar-refractivity contribution in [1.29, 1.82) is 0 Å². The van der Waals surface area contributed by atoms with E-state index in [2.05, 4.69) is 0 Å². The van der Waals surface area contributed by atoms with Crippen LogP contribution in [0.25, 0.3) is 0 Å². The van der Waals surface area contributed by atoms with Crippen molar-refractivity contribution in [3.63, 3.8) is 0 Å². The van der Waals surface area contributed by atoms with E-state index in [1.54, 1.807) is 12.1 Å². The lowest BCUT2D eigenvalue weighted by molar-refractivity contribution is 0.0535. The maximum Gasteiger partial charge on any atom is 0.338 e. The molecule has 1 aromatic rings. The minimum Gasteiger partial charge on any atom is -0.462 e. The van der Waals surface area contributed by atoms with Gasteiger partial charge in [-0.2, -0.15) is 0 Å². The van der Waals surface area contributed by atoms with E-state index in [9.17, 15) is 4.79 Å². The number of carbonyl (C=O) groups excluding carboxylic acids is 1. The molecular formula is C11H13O2. The molecule has 0 spiro atoms. The van der Waals surface area contributed by atoms with Crippen LogP contribution in [0.1, 0.15) is 23.7 Å². The van der Waals surface area contributed by atoms with E-state index in [1.807, 2.05) is 31.5 Å². The first kappa shape index (κ1) is 9.78. The van der Waals surface area contributed by atoms with Crippen LogP contribution < -0.4 is 0 Å². The predicted octanol–water partition coefficient (Wildman–Crippen LogP) is 2.46. The normalized spacial score (nSPS) is 9.62. The Kier molecular flexibility index (Phi) is 4.03. The third-order valence-electron chi connectivity index (χ3n) is 1.63. The monoisotopic (exact) mass is 177 g/mol. The molecule has 69 valence electrons. The highest BCUT2D eigenvalue weighted by Crippen LogP contribution is 2.01. The zero-order valence-corrected chi connectivity index (χ0v) is 7.69. The Morgan fingerprint density at radius 2 is 2.08 bits per heavy atom. The molecule has 0 heterocycles. The van der Waals surface area contributed by atoms with Crippen molar-refractivity contribution in [2.75, 3.05) is 6.61 Å². The minimum absolute atomic E-state index is 0.259. The summed E-state index contributed by atoms with van der Waals surface area (Å²) in [7, 11) is 0. The molecule has 1 aromatic carbocycles. The van der Waals surface area contributed by atoms with Crippen LogP contribution in [-0.4, -0.2) is 12.6 Å². The van der Waals surface area contributed by atoms with Crippen LogP contribution in [-0.2, 0) is 4.74 Å². The van der Waals surface area contributed by atoms with Gasteiger partial charge in [-0.15, -0.1) is 0 Å². The van der Waals surface area contributed by atoms with Crippen LogP contribution in [0.3, 0.4) is 0 Å². The van der Waals surface area contributed by atoms with E-state index in [0.717, 1.165) is 6.42 Å². The van der Waals surface area contributed by atoms with Crippen molar-refractivity contribution in [2.45, 2.75) is 13.3 Å². The SMILES string of the molecule is CC[CH]COC(=O)c1ccccc1. The fraction of sp³-hybridized carbons (Fsp3) is 0.273. The van der Waals surface area contributed by atoms with Gasteiger partial charge in [0.2, 0.25) is 0 Å². The molecule has 0 aliphatic carbocycles.